The van der Waals surface area contributed by atoms with Gasteiger partial charge in [0.25, 0.3) is 0 Å². The molecule has 3 aromatic carbocycles. The van der Waals surface area contributed by atoms with Crippen molar-refractivity contribution >= 4 is 29.2 Å². The highest BCUT2D eigenvalue weighted by molar-refractivity contribution is 6.06. The standard InChI is InChI=1S/C30H34N2O3/c1-2-3-4-5-6-7-8-22-9-11-23(12-10-22)13-18-29(33)24-14-16-28(17-15-24)35-30(34)25-19-26(31)21-27(32)20-25/h9-21H,2-8,31-32H2,1H3. The first-order chi connectivity index (χ1) is 16.9. The second-order valence-corrected chi connectivity index (χ2v) is 8.76. The number of rotatable bonds is 12. The third-order valence-corrected chi connectivity index (χ3v) is 5.79. The minimum atomic E-state index is -0.567. The van der Waals surface area contributed by atoms with Crippen LogP contribution in [0.2, 0.25) is 0 Å². The van der Waals surface area contributed by atoms with Gasteiger partial charge < -0.3 is 16.2 Å². The Morgan fingerprint density at radius 1 is 0.771 bits per heavy atom. The van der Waals surface area contributed by atoms with Crippen molar-refractivity contribution in [3.63, 3.8) is 0 Å². The number of hydrogen-bond donors (Lipinski definition) is 2. The largest absolute Gasteiger partial charge is 0.423 e. The van der Waals surface area contributed by atoms with E-state index >= 15 is 0 Å². The molecule has 3 rings (SSSR count). The Morgan fingerprint density at radius 2 is 1.40 bits per heavy atom. The minimum Gasteiger partial charge on any atom is -0.423 e. The van der Waals surface area contributed by atoms with Gasteiger partial charge in [0.15, 0.2) is 5.78 Å². The number of ketones is 1. The smallest absolute Gasteiger partial charge is 0.343 e. The highest BCUT2D eigenvalue weighted by Gasteiger charge is 2.11. The van der Waals surface area contributed by atoms with Gasteiger partial charge in [0.2, 0.25) is 0 Å². The Morgan fingerprint density at radius 3 is 2.06 bits per heavy atom. The van der Waals surface area contributed by atoms with Crippen molar-refractivity contribution in [2.75, 3.05) is 11.5 Å². The van der Waals surface area contributed by atoms with E-state index in [2.05, 4.69) is 19.1 Å². The van der Waals surface area contributed by atoms with Gasteiger partial charge >= 0.3 is 5.97 Å². The predicted octanol–water partition coefficient (Wildman–Crippen LogP) is 6.87. The molecule has 35 heavy (non-hydrogen) atoms. The van der Waals surface area contributed by atoms with Crippen LogP contribution in [-0.2, 0) is 6.42 Å². The first-order valence-corrected chi connectivity index (χ1v) is 12.2. The lowest BCUT2D eigenvalue weighted by molar-refractivity contribution is 0.0735. The third kappa shape index (κ3) is 8.45. The Labute approximate surface area is 207 Å². The zero-order chi connectivity index (χ0) is 25.0. The van der Waals surface area contributed by atoms with Crippen molar-refractivity contribution < 1.29 is 14.3 Å². The molecule has 0 heterocycles. The zero-order valence-corrected chi connectivity index (χ0v) is 20.3. The molecule has 0 amide bonds. The number of aryl methyl sites for hydroxylation is 1. The summed E-state index contributed by atoms with van der Waals surface area (Å²) in [7, 11) is 0. The summed E-state index contributed by atoms with van der Waals surface area (Å²) in [6.07, 6.45) is 12.2. The number of esters is 1. The lowest BCUT2D eigenvalue weighted by Gasteiger charge is -2.06. The highest BCUT2D eigenvalue weighted by Crippen LogP contribution is 2.19. The van der Waals surface area contributed by atoms with Gasteiger partial charge in [-0.25, -0.2) is 4.79 Å². The van der Waals surface area contributed by atoms with Gasteiger partial charge in [-0.1, -0.05) is 69.4 Å². The van der Waals surface area contributed by atoms with Gasteiger partial charge in [-0.15, -0.1) is 0 Å². The molecule has 0 aliphatic heterocycles. The first-order valence-electron chi connectivity index (χ1n) is 12.2. The van der Waals surface area contributed by atoms with Crippen molar-refractivity contribution in [1.82, 2.24) is 0 Å². The minimum absolute atomic E-state index is 0.123. The van der Waals surface area contributed by atoms with E-state index in [4.69, 9.17) is 16.2 Å². The summed E-state index contributed by atoms with van der Waals surface area (Å²) in [5.74, 6) is -0.358. The number of carbonyl (C=O) groups is 2. The molecular formula is C30H34N2O3. The molecule has 0 saturated heterocycles. The maximum Gasteiger partial charge on any atom is 0.343 e. The maximum atomic E-state index is 12.5. The molecule has 0 aromatic heterocycles. The van der Waals surface area contributed by atoms with Crippen LogP contribution in [0.4, 0.5) is 11.4 Å². The number of hydrogen-bond acceptors (Lipinski definition) is 5. The number of anilines is 2. The average molecular weight is 471 g/mol. The summed E-state index contributed by atoms with van der Waals surface area (Å²) in [6.45, 7) is 2.24. The number of allylic oxidation sites excluding steroid dienone is 1. The summed E-state index contributed by atoms with van der Waals surface area (Å²) in [5.41, 5.74) is 15.3. The topological polar surface area (TPSA) is 95.4 Å². The molecule has 0 saturated carbocycles. The van der Waals surface area contributed by atoms with Crippen LogP contribution >= 0.6 is 0 Å². The molecule has 0 fully saturated rings. The molecular weight excluding hydrogens is 436 g/mol. The Kier molecular flexibility index (Phi) is 9.67. The van der Waals surface area contributed by atoms with E-state index in [0.717, 1.165) is 12.0 Å². The molecule has 0 spiro atoms. The molecule has 0 bridgehead atoms. The summed E-state index contributed by atoms with van der Waals surface area (Å²) in [4.78, 5) is 24.9. The number of unbranched alkanes of at least 4 members (excludes halogenated alkanes) is 5. The van der Waals surface area contributed by atoms with Crippen LogP contribution in [0.3, 0.4) is 0 Å². The summed E-state index contributed by atoms with van der Waals surface area (Å²) < 4.78 is 5.36. The third-order valence-electron chi connectivity index (χ3n) is 5.79. The van der Waals surface area contributed by atoms with E-state index < -0.39 is 5.97 Å². The van der Waals surface area contributed by atoms with Crippen LogP contribution in [-0.4, -0.2) is 11.8 Å². The fourth-order valence-electron chi connectivity index (χ4n) is 3.82. The second kappa shape index (κ2) is 13.1. The summed E-state index contributed by atoms with van der Waals surface area (Å²) in [5, 5.41) is 0. The van der Waals surface area contributed by atoms with Crippen molar-refractivity contribution in [3.8, 4) is 5.75 Å². The maximum absolute atomic E-state index is 12.5. The van der Waals surface area contributed by atoms with E-state index in [0.29, 0.717) is 22.7 Å². The Bertz CT molecular complexity index is 1130. The van der Waals surface area contributed by atoms with Gasteiger partial charge in [-0.3, -0.25) is 4.79 Å². The SMILES string of the molecule is CCCCCCCCc1ccc(C=CC(=O)c2ccc(OC(=O)c3cc(N)cc(N)c3)cc2)cc1. The van der Waals surface area contributed by atoms with Gasteiger partial charge in [0, 0.05) is 16.9 Å². The Balaban J connectivity index is 1.49. The normalized spacial score (nSPS) is 11.0. The molecule has 0 aliphatic rings. The molecule has 5 nitrogen and oxygen atoms in total. The highest BCUT2D eigenvalue weighted by atomic mass is 16.5. The molecule has 3 aromatic rings. The molecule has 0 atom stereocenters. The number of nitrogens with two attached hydrogens (primary N) is 2. The van der Waals surface area contributed by atoms with Crippen molar-refractivity contribution in [2.24, 2.45) is 0 Å². The van der Waals surface area contributed by atoms with Crippen LogP contribution in [0.5, 0.6) is 5.75 Å². The van der Waals surface area contributed by atoms with E-state index in [1.807, 2.05) is 18.2 Å². The monoisotopic (exact) mass is 470 g/mol. The fraction of sp³-hybridized carbons (Fsp3) is 0.267. The zero-order valence-electron chi connectivity index (χ0n) is 20.3. The lowest BCUT2D eigenvalue weighted by Crippen LogP contribution is -2.09. The van der Waals surface area contributed by atoms with Crippen LogP contribution in [0.1, 0.15) is 77.3 Å². The molecule has 5 heteroatoms. The van der Waals surface area contributed by atoms with Crippen LogP contribution in [0, 0.1) is 0 Å². The molecule has 0 unspecified atom stereocenters. The lowest BCUT2D eigenvalue weighted by atomic mass is 10.0. The first kappa shape index (κ1) is 25.8. The number of nitrogen functional groups attached to an aromatic ring is 2. The predicted molar refractivity (Wildman–Crippen MR) is 144 cm³/mol. The van der Waals surface area contributed by atoms with Crippen LogP contribution in [0.25, 0.3) is 6.08 Å². The van der Waals surface area contributed by atoms with Crippen molar-refractivity contribution in [3.05, 3.63) is 95.1 Å². The van der Waals surface area contributed by atoms with Crippen LogP contribution in [0.15, 0.2) is 72.8 Å². The van der Waals surface area contributed by atoms with Gasteiger partial charge in [0.1, 0.15) is 5.75 Å². The van der Waals surface area contributed by atoms with Crippen LogP contribution < -0.4 is 16.2 Å². The van der Waals surface area contributed by atoms with Gasteiger partial charge in [0.05, 0.1) is 5.56 Å². The molecule has 182 valence electrons. The van der Waals surface area contributed by atoms with E-state index in [9.17, 15) is 9.59 Å². The second-order valence-electron chi connectivity index (χ2n) is 8.76. The molecule has 0 radical (unpaired) electrons. The van der Waals surface area contributed by atoms with E-state index in [1.165, 1.54) is 56.2 Å². The fourth-order valence-corrected chi connectivity index (χ4v) is 3.82. The summed E-state index contributed by atoms with van der Waals surface area (Å²) in [6, 6.07) is 19.4. The number of ether oxygens (including phenoxy) is 1. The number of benzene rings is 3. The van der Waals surface area contributed by atoms with E-state index in [1.54, 1.807) is 36.4 Å². The molecule has 0 aliphatic carbocycles. The van der Waals surface area contributed by atoms with Crippen molar-refractivity contribution in [1.29, 1.82) is 0 Å². The molecule has 4 N–H and O–H groups in total. The van der Waals surface area contributed by atoms with E-state index in [-0.39, 0.29) is 11.3 Å². The van der Waals surface area contributed by atoms with Crippen molar-refractivity contribution in [2.45, 2.75) is 51.9 Å². The number of carbonyl (C=O) groups excluding carboxylic acids is 2. The van der Waals surface area contributed by atoms with Gasteiger partial charge in [-0.2, -0.15) is 0 Å². The summed E-state index contributed by atoms with van der Waals surface area (Å²) >= 11 is 0. The average Bonchev–Trinajstić information content (AvgIpc) is 2.85. The Hall–Kier alpha value is -3.86. The quantitative estimate of drug-likeness (QED) is 0.0752. The van der Waals surface area contributed by atoms with Gasteiger partial charge in [-0.05, 0) is 72.5 Å².